The van der Waals surface area contributed by atoms with Crippen LogP contribution < -0.4 is 30.0 Å². The smallest absolute Gasteiger partial charge is 0.422 e. The van der Waals surface area contributed by atoms with Crippen LogP contribution in [0.4, 0.5) is 18.9 Å². The van der Waals surface area contributed by atoms with Crippen molar-refractivity contribution in [3.05, 3.63) is 41.5 Å². The fourth-order valence-corrected chi connectivity index (χ4v) is 2.73. The van der Waals surface area contributed by atoms with E-state index in [0.29, 0.717) is 28.4 Å². The van der Waals surface area contributed by atoms with E-state index in [1.807, 2.05) is 0 Å². The Kier molecular flexibility index (Phi) is 8.94. The van der Waals surface area contributed by atoms with Gasteiger partial charge in [-0.25, -0.2) is 0 Å². The summed E-state index contributed by atoms with van der Waals surface area (Å²) in [6.45, 7) is -2.17. The minimum absolute atomic E-state index is 0.0276. The van der Waals surface area contributed by atoms with Crippen molar-refractivity contribution >= 4 is 23.7 Å². The maximum Gasteiger partial charge on any atom is 0.422 e. The molecule has 0 spiro atoms. The van der Waals surface area contributed by atoms with E-state index in [-0.39, 0.29) is 11.4 Å². The third-order valence-electron chi connectivity index (χ3n) is 4.34. The normalized spacial score (nSPS) is 12.4. The van der Waals surface area contributed by atoms with Crippen molar-refractivity contribution in [2.24, 2.45) is 5.73 Å². The number of nitrogens with one attached hydrogen (secondary N) is 1. The molecule has 0 aromatic heterocycles. The van der Waals surface area contributed by atoms with Crippen LogP contribution >= 0.6 is 0 Å². The van der Waals surface area contributed by atoms with Crippen LogP contribution in [0.3, 0.4) is 0 Å². The number of rotatable bonds is 10. The molecule has 0 radical (unpaired) electrons. The molecule has 2 rings (SSSR count). The molecule has 0 fully saturated rings. The van der Waals surface area contributed by atoms with Gasteiger partial charge in [0.05, 0.1) is 33.6 Å². The lowest BCUT2D eigenvalue weighted by atomic mass is 10.1. The van der Waals surface area contributed by atoms with E-state index >= 15 is 0 Å². The number of hydrogen-bond acceptors (Lipinski definition) is 7. The van der Waals surface area contributed by atoms with E-state index in [0.717, 1.165) is 0 Å². The molecular formula is C22H25F3N2O6. The highest BCUT2D eigenvalue weighted by Gasteiger charge is 2.29. The summed E-state index contributed by atoms with van der Waals surface area (Å²) in [6, 6.07) is 6.40. The van der Waals surface area contributed by atoms with Crippen molar-refractivity contribution in [1.29, 1.82) is 0 Å². The molecule has 0 bridgehead atoms. The first-order valence-corrected chi connectivity index (χ1v) is 9.60. The molecule has 1 atom stereocenters. The molecule has 0 saturated carbocycles. The van der Waals surface area contributed by atoms with E-state index in [4.69, 9.17) is 29.8 Å². The van der Waals surface area contributed by atoms with Gasteiger partial charge in [-0.1, -0.05) is 18.2 Å². The molecule has 0 saturated heterocycles. The molecule has 2 aromatic carbocycles. The number of nitrogens with two attached hydrogens (primary N) is 1. The Morgan fingerprint density at radius 1 is 1.03 bits per heavy atom. The van der Waals surface area contributed by atoms with Gasteiger partial charge in [-0.05, 0) is 35.4 Å². The Bertz CT molecular complexity index is 970. The van der Waals surface area contributed by atoms with E-state index in [2.05, 4.69) is 5.32 Å². The number of hydrogen-bond donors (Lipinski definition) is 3. The van der Waals surface area contributed by atoms with E-state index < -0.39 is 31.3 Å². The number of carbonyl (C=O) groups excluding carboxylic acids is 1. The van der Waals surface area contributed by atoms with Crippen LogP contribution in [0.15, 0.2) is 30.3 Å². The van der Waals surface area contributed by atoms with Gasteiger partial charge in [-0.2, -0.15) is 13.2 Å². The van der Waals surface area contributed by atoms with Crippen molar-refractivity contribution in [1.82, 2.24) is 0 Å². The molecule has 0 heterocycles. The third-order valence-corrected chi connectivity index (χ3v) is 4.34. The largest absolute Gasteiger partial charge is 0.493 e. The molecule has 0 unspecified atom stereocenters. The van der Waals surface area contributed by atoms with Gasteiger partial charge in [-0.3, -0.25) is 4.79 Å². The number of methoxy groups -OCH3 is 3. The maximum atomic E-state index is 12.6. The molecule has 4 N–H and O–H groups in total. The predicted molar refractivity (Wildman–Crippen MR) is 117 cm³/mol. The van der Waals surface area contributed by atoms with Gasteiger partial charge in [0.15, 0.2) is 18.1 Å². The first kappa shape index (κ1) is 25.8. The van der Waals surface area contributed by atoms with Gasteiger partial charge in [0.1, 0.15) is 11.8 Å². The Morgan fingerprint density at radius 3 is 2.15 bits per heavy atom. The number of benzene rings is 2. The molecule has 0 aliphatic rings. The number of ether oxygens (including phenoxy) is 4. The van der Waals surface area contributed by atoms with Gasteiger partial charge in [-0.15, -0.1) is 0 Å². The van der Waals surface area contributed by atoms with Crippen LogP contribution in [0.2, 0.25) is 0 Å². The lowest BCUT2D eigenvalue weighted by Gasteiger charge is -2.16. The summed E-state index contributed by atoms with van der Waals surface area (Å²) >= 11 is 0. The summed E-state index contributed by atoms with van der Waals surface area (Å²) in [5.74, 6) is 0.334. The number of halogens is 3. The van der Waals surface area contributed by atoms with Crippen molar-refractivity contribution in [2.45, 2.75) is 12.2 Å². The number of aliphatic hydroxyl groups is 1. The standard InChI is InChI=1S/C22H25F3N2O6/c1-30-18-9-14(10-19(31-2)20(18)32-3)5-4-13-6-7-17(33-12-22(23,24)25)16(8-13)27-21(29)15(26)11-28/h4-10,15,28H,11-12,26H2,1-3H3,(H,27,29)/b5-4-/t15-/m1/s1. The highest BCUT2D eigenvalue weighted by Crippen LogP contribution is 2.38. The second kappa shape index (κ2) is 11.4. The van der Waals surface area contributed by atoms with Crippen molar-refractivity contribution in [3.8, 4) is 23.0 Å². The number of aliphatic hydroxyl groups excluding tert-OH is 1. The maximum absolute atomic E-state index is 12.6. The molecule has 33 heavy (non-hydrogen) atoms. The summed E-state index contributed by atoms with van der Waals surface area (Å²) in [6.07, 6.45) is -1.19. The fourth-order valence-electron chi connectivity index (χ4n) is 2.73. The molecular weight excluding hydrogens is 445 g/mol. The van der Waals surface area contributed by atoms with E-state index in [9.17, 15) is 18.0 Å². The third kappa shape index (κ3) is 7.29. The lowest BCUT2D eigenvalue weighted by molar-refractivity contribution is -0.153. The molecule has 180 valence electrons. The molecule has 8 nitrogen and oxygen atoms in total. The summed E-state index contributed by atoms with van der Waals surface area (Å²) in [5.41, 5.74) is 6.68. The monoisotopic (exact) mass is 470 g/mol. The van der Waals surface area contributed by atoms with E-state index in [1.165, 1.54) is 39.5 Å². The van der Waals surface area contributed by atoms with Crippen molar-refractivity contribution in [3.63, 3.8) is 0 Å². The lowest BCUT2D eigenvalue weighted by Crippen LogP contribution is -2.38. The van der Waals surface area contributed by atoms with Gasteiger partial charge in [0.25, 0.3) is 0 Å². The van der Waals surface area contributed by atoms with Crippen LogP contribution in [0, 0.1) is 0 Å². The second-order valence-electron chi connectivity index (χ2n) is 6.73. The fraction of sp³-hybridized carbons (Fsp3) is 0.318. The number of alkyl halides is 3. The molecule has 1 amide bonds. The molecule has 0 aliphatic heterocycles. The summed E-state index contributed by atoms with van der Waals surface area (Å²) in [7, 11) is 4.45. The van der Waals surface area contributed by atoms with Crippen LogP contribution in [0.1, 0.15) is 11.1 Å². The van der Waals surface area contributed by atoms with Crippen LogP contribution in [0.5, 0.6) is 23.0 Å². The van der Waals surface area contributed by atoms with Gasteiger partial charge >= 0.3 is 6.18 Å². The van der Waals surface area contributed by atoms with Crippen LogP contribution in [0.25, 0.3) is 12.2 Å². The summed E-state index contributed by atoms with van der Waals surface area (Å²) in [5, 5.41) is 11.4. The zero-order valence-electron chi connectivity index (χ0n) is 18.2. The zero-order chi connectivity index (χ0) is 24.6. The average molecular weight is 470 g/mol. The summed E-state index contributed by atoms with van der Waals surface area (Å²) in [4.78, 5) is 12.1. The first-order valence-electron chi connectivity index (χ1n) is 9.60. The predicted octanol–water partition coefficient (Wildman–Crippen LogP) is 3.08. The van der Waals surface area contributed by atoms with Crippen LogP contribution in [-0.2, 0) is 4.79 Å². The topological polar surface area (TPSA) is 112 Å². The number of amides is 1. The number of carbonyl (C=O) groups is 1. The van der Waals surface area contributed by atoms with Crippen LogP contribution in [-0.4, -0.2) is 57.8 Å². The Balaban J connectivity index is 2.37. The minimum Gasteiger partial charge on any atom is -0.493 e. The van der Waals surface area contributed by atoms with Gasteiger partial charge in [0.2, 0.25) is 11.7 Å². The van der Waals surface area contributed by atoms with Gasteiger partial charge in [0, 0.05) is 0 Å². The Morgan fingerprint density at radius 2 is 1.64 bits per heavy atom. The second-order valence-corrected chi connectivity index (χ2v) is 6.73. The first-order chi connectivity index (χ1) is 15.6. The highest BCUT2D eigenvalue weighted by molar-refractivity contribution is 5.96. The number of anilines is 1. The van der Waals surface area contributed by atoms with Gasteiger partial charge < -0.3 is 35.1 Å². The SMILES string of the molecule is COc1cc(/C=C\c2ccc(OCC(F)(F)F)c(NC(=O)[C@H](N)CO)c2)cc(OC)c1OC. The Labute approximate surface area is 188 Å². The zero-order valence-corrected chi connectivity index (χ0v) is 18.2. The average Bonchev–Trinajstić information content (AvgIpc) is 2.79. The molecule has 0 aliphatic carbocycles. The van der Waals surface area contributed by atoms with E-state index in [1.54, 1.807) is 24.3 Å². The minimum atomic E-state index is -4.56. The van der Waals surface area contributed by atoms with Crippen molar-refractivity contribution in [2.75, 3.05) is 39.9 Å². The quantitative estimate of drug-likeness (QED) is 0.458. The molecule has 2 aromatic rings. The summed E-state index contributed by atoms with van der Waals surface area (Å²) < 4.78 is 58.4. The highest BCUT2D eigenvalue weighted by atomic mass is 19.4. The molecule has 11 heteroatoms. The Hall–Kier alpha value is -3.44. The van der Waals surface area contributed by atoms with Crippen molar-refractivity contribution < 1.29 is 42.0 Å².